The Bertz CT molecular complexity index is 338. The van der Waals surface area contributed by atoms with Crippen LogP contribution in [0.5, 0.6) is 0 Å². The molecule has 1 fully saturated rings. The molecule has 1 aliphatic heterocycles. The standard InChI is InChI=1S/C10H15NO6/c1-10(2,3)17-9(16)11-5(7(12)13)4-6(11)8(14)15/h5-6H,4H2,1-3H3,(H,12,13)(H,14,15)/t5-,6-/m0/s1. The van der Waals surface area contributed by atoms with Gasteiger partial charge in [-0.15, -0.1) is 0 Å². The Hall–Kier alpha value is -1.79. The minimum atomic E-state index is -1.23. The normalized spacial score (nSPS) is 23.8. The molecule has 0 aliphatic carbocycles. The summed E-state index contributed by atoms with van der Waals surface area (Å²) in [5, 5.41) is 17.6. The molecule has 7 heteroatoms. The van der Waals surface area contributed by atoms with Gasteiger partial charge in [0, 0.05) is 6.42 Å². The SMILES string of the molecule is CC(C)(C)OC(=O)N1[C@H](C(=O)O)C[C@H]1C(=O)O. The van der Waals surface area contributed by atoms with Crippen LogP contribution >= 0.6 is 0 Å². The fraction of sp³-hybridized carbons (Fsp3) is 0.700. The molecule has 7 nitrogen and oxygen atoms in total. The summed E-state index contributed by atoms with van der Waals surface area (Å²) in [6.07, 6.45) is -1.01. The molecule has 17 heavy (non-hydrogen) atoms. The number of rotatable bonds is 2. The molecule has 0 spiro atoms. The van der Waals surface area contributed by atoms with Gasteiger partial charge in [0.1, 0.15) is 17.7 Å². The van der Waals surface area contributed by atoms with Crippen molar-refractivity contribution in [1.29, 1.82) is 0 Å². The number of hydrogen-bond acceptors (Lipinski definition) is 4. The van der Waals surface area contributed by atoms with Gasteiger partial charge in [0.2, 0.25) is 0 Å². The topological polar surface area (TPSA) is 104 Å². The second kappa shape index (κ2) is 4.23. The molecule has 0 aromatic heterocycles. The number of ether oxygens (including phenoxy) is 1. The number of carboxylic acids is 2. The van der Waals surface area contributed by atoms with Gasteiger partial charge in [-0.05, 0) is 20.8 Å². The number of carbonyl (C=O) groups is 3. The number of hydrogen-bond donors (Lipinski definition) is 2. The molecule has 0 saturated carbocycles. The van der Waals surface area contributed by atoms with Gasteiger partial charge in [-0.1, -0.05) is 0 Å². The molecular formula is C10H15NO6. The first-order chi connectivity index (χ1) is 7.63. The quantitative estimate of drug-likeness (QED) is 0.735. The van der Waals surface area contributed by atoms with Crippen LogP contribution in [0, 0.1) is 0 Å². The lowest BCUT2D eigenvalue weighted by Gasteiger charge is -2.43. The van der Waals surface area contributed by atoms with E-state index in [9.17, 15) is 14.4 Å². The van der Waals surface area contributed by atoms with Crippen molar-refractivity contribution in [2.75, 3.05) is 0 Å². The van der Waals surface area contributed by atoms with Crippen LogP contribution in [0.25, 0.3) is 0 Å². The fourth-order valence-corrected chi connectivity index (χ4v) is 1.53. The lowest BCUT2D eigenvalue weighted by molar-refractivity contribution is -0.161. The van der Waals surface area contributed by atoms with E-state index in [1.54, 1.807) is 20.8 Å². The van der Waals surface area contributed by atoms with Crippen molar-refractivity contribution in [2.45, 2.75) is 44.9 Å². The van der Waals surface area contributed by atoms with Gasteiger partial charge in [-0.25, -0.2) is 14.4 Å². The molecule has 2 N–H and O–H groups in total. The summed E-state index contributed by atoms with van der Waals surface area (Å²) in [4.78, 5) is 34.0. The fourth-order valence-electron chi connectivity index (χ4n) is 1.53. The predicted molar refractivity (Wildman–Crippen MR) is 55.5 cm³/mol. The third kappa shape index (κ3) is 2.86. The predicted octanol–water partition coefficient (Wildman–Crippen LogP) is 0.534. The number of carboxylic acid groups (broad SMARTS) is 2. The van der Waals surface area contributed by atoms with E-state index in [0.29, 0.717) is 0 Å². The number of carbonyl (C=O) groups excluding carboxylic acids is 1. The zero-order chi connectivity index (χ0) is 13.4. The first kappa shape index (κ1) is 13.3. The van der Waals surface area contributed by atoms with E-state index < -0.39 is 35.7 Å². The number of likely N-dealkylation sites (tertiary alicyclic amines) is 1. The van der Waals surface area contributed by atoms with Crippen LogP contribution < -0.4 is 0 Å². The largest absolute Gasteiger partial charge is 0.480 e. The molecule has 96 valence electrons. The minimum Gasteiger partial charge on any atom is -0.480 e. The van der Waals surface area contributed by atoms with Crippen LogP contribution in [-0.2, 0) is 14.3 Å². The van der Waals surface area contributed by atoms with Crippen molar-refractivity contribution in [3.8, 4) is 0 Å². The summed E-state index contributed by atoms with van der Waals surface area (Å²) in [5.41, 5.74) is -0.793. The highest BCUT2D eigenvalue weighted by atomic mass is 16.6. The summed E-state index contributed by atoms with van der Waals surface area (Å²) in [6, 6.07) is -2.24. The van der Waals surface area contributed by atoms with Crippen LogP contribution in [0.4, 0.5) is 4.79 Å². The Balaban J connectivity index is 2.79. The van der Waals surface area contributed by atoms with Crippen LogP contribution in [-0.4, -0.2) is 50.8 Å². The summed E-state index contributed by atoms with van der Waals surface area (Å²) < 4.78 is 4.96. The van der Waals surface area contributed by atoms with E-state index >= 15 is 0 Å². The number of amides is 1. The summed E-state index contributed by atoms with van der Waals surface area (Å²) >= 11 is 0. The maximum absolute atomic E-state index is 11.6. The molecule has 0 aromatic carbocycles. The van der Waals surface area contributed by atoms with Gasteiger partial charge in [0.25, 0.3) is 0 Å². The Morgan fingerprint density at radius 2 is 1.53 bits per heavy atom. The van der Waals surface area contributed by atoms with Gasteiger partial charge in [0.15, 0.2) is 0 Å². The van der Waals surface area contributed by atoms with E-state index in [0.717, 1.165) is 4.90 Å². The van der Waals surface area contributed by atoms with Gasteiger partial charge < -0.3 is 14.9 Å². The Morgan fingerprint density at radius 1 is 1.12 bits per heavy atom. The zero-order valence-electron chi connectivity index (χ0n) is 9.84. The molecule has 0 aromatic rings. The summed E-state index contributed by atoms with van der Waals surface area (Å²) in [7, 11) is 0. The van der Waals surface area contributed by atoms with Crippen molar-refractivity contribution in [3.05, 3.63) is 0 Å². The van der Waals surface area contributed by atoms with Crippen molar-refractivity contribution < 1.29 is 29.3 Å². The molecule has 1 saturated heterocycles. The molecule has 0 radical (unpaired) electrons. The van der Waals surface area contributed by atoms with E-state index in [4.69, 9.17) is 14.9 Å². The average Bonchev–Trinajstić information content (AvgIpc) is 1.94. The van der Waals surface area contributed by atoms with Crippen LogP contribution in [0.1, 0.15) is 27.2 Å². The molecule has 0 bridgehead atoms. The van der Waals surface area contributed by atoms with Crippen molar-refractivity contribution in [1.82, 2.24) is 4.90 Å². The van der Waals surface area contributed by atoms with Gasteiger partial charge in [-0.2, -0.15) is 0 Å². The minimum absolute atomic E-state index is 0.0933. The first-order valence-corrected chi connectivity index (χ1v) is 5.10. The zero-order valence-corrected chi connectivity index (χ0v) is 9.84. The Labute approximate surface area is 98.0 Å². The molecule has 1 amide bonds. The second-order valence-electron chi connectivity index (χ2n) is 4.83. The van der Waals surface area contributed by atoms with E-state index in [-0.39, 0.29) is 6.42 Å². The highest BCUT2D eigenvalue weighted by Crippen LogP contribution is 2.28. The third-order valence-electron chi connectivity index (χ3n) is 2.29. The Morgan fingerprint density at radius 3 is 1.82 bits per heavy atom. The highest BCUT2D eigenvalue weighted by Gasteiger charge is 2.51. The Kier molecular flexibility index (Phi) is 3.30. The third-order valence-corrected chi connectivity index (χ3v) is 2.29. The van der Waals surface area contributed by atoms with Crippen molar-refractivity contribution in [2.24, 2.45) is 0 Å². The van der Waals surface area contributed by atoms with Gasteiger partial charge in [-0.3, -0.25) is 4.90 Å². The van der Waals surface area contributed by atoms with Crippen LogP contribution in [0.2, 0.25) is 0 Å². The summed E-state index contributed by atoms with van der Waals surface area (Å²) in [5.74, 6) is -2.46. The van der Waals surface area contributed by atoms with Gasteiger partial charge >= 0.3 is 18.0 Å². The maximum Gasteiger partial charge on any atom is 0.411 e. The van der Waals surface area contributed by atoms with E-state index in [1.165, 1.54) is 0 Å². The molecule has 1 aliphatic rings. The number of aliphatic carboxylic acids is 2. The molecule has 2 atom stereocenters. The average molecular weight is 245 g/mol. The molecule has 0 unspecified atom stereocenters. The summed E-state index contributed by atoms with van der Waals surface area (Å²) in [6.45, 7) is 4.86. The highest BCUT2D eigenvalue weighted by molar-refractivity contribution is 5.89. The lowest BCUT2D eigenvalue weighted by atomic mass is 9.93. The molecular weight excluding hydrogens is 230 g/mol. The lowest BCUT2D eigenvalue weighted by Crippen LogP contribution is -2.65. The molecule has 1 rings (SSSR count). The smallest absolute Gasteiger partial charge is 0.411 e. The van der Waals surface area contributed by atoms with Crippen LogP contribution in [0.15, 0.2) is 0 Å². The van der Waals surface area contributed by atoms with Crippen molar-refractivity contribution in [3.63, 3.8) is 0 Å². The van der Waals surface area contributed by atoms with Crippen molar-refractivity contribution >= 4 is 18.0 Å². The monoisotopic (exact) mass is 245 g/mol. The second-order valence-corrected chi connectivity index (χ2v) is 4.83. The molecule has 1 heterocycles. The van der Waals surface area contributed by atoms with E-state index in [2.05, 4.69) is 0 Å². The maximum atomic E-state index is 11.6. The van der Waals surface area contributed by atoms with E-state index in [1.807, 2.05) is 0 Å². The van der Waals surface area contributed by atoms with Gasteiger partial charge in [0.05, 0.1) is 0 Å². The number of nitrogens with zero attached hydrogens (tertiary/aromatic N) is 1. The van der Waals surface area contributed by atoms with Crippen LogP contribution in [0.3, 0.4) is 0 Å². The first-order valence-electron chi connectivity index (χ1n) is 5.10.